The van der Waals surface area contributed by atoms with Crippen LogP contribution in [0.3, 0.4) is 0 Å². The number of hydrogen-bond donors (Lipinski definition) is 3. The monoisotopic (exact) mass is 354 g/mol. The second kappa shape index (κ2) is 8.51. The van der Waals surface area contributed by atoms with Gasteiger partial charge in [-0.2, -0.15) is 0 Å². The molecule has 0 saturated heterocycles. The SMILES string of the molecule is NC(CCC[C@](N)(C(=O)O)C(=O)c1ccccc1)C(=O)c1ccccc1. The smallest absolute Gasteiger partial charge is 0.331 e. The van der Waals surface area contributed by atoms with Crippen molar-refractivity contribution in [3.05, 3.63) is 71.8 Å². The van der Waals surface area contributed by atoms with E-state index in [-0.39, 0.29) is 30.6 Å². The summed E-state index contributed by atoms with van der Waals surface area (Å²) in [6.07, 6.45) is 0.370. The van der Waals surface area contributed by atoms with Crippen LogP contribution >= 0.6 is 0 Å². The number of carbonyl (C=O) groups excluding carboxylic acids is 2. The van der Waals surface area contributed by atoms with Crippen molar-refractivity contribution in [3.8, 4) is 0 Å². The van der Waals surface area contributed by atoms with Crippen LogP contribution in [0.5, 0.6) is 0 Å². The summed E-state index contributed by atoms with van der Waals surface area (Å²) >= 11 is 0. The van der Waals surface area contributed by atoms with E-state index in [1.807, 2.05) is 0 Å². The highest BCUT2D eigenvalue weighted by molar-refractivity contribution is 6.15. The summed E-state index contributed by atoms with van der Waals surface area (Å²) in [4.78, 5) is 36.4. The van der Waals surface area contributed by atoms with Gasteiger partial charge < -0.3 is 16.6 Å². The summed E-state index contributed by atoms with van der Waals surface area (Å²) in [5, 5.41) is 9.47. The van der Waals surface area contributed by atoms with Gasteiger partial charge >= 0.3 is 5.97 Å². The number of carbonyl (C=O) groups is 3. The number of benzene rings is 2. The maximum absolute atomic E-state index is 12.5. The molecule has 1 unspecified atom stereocenters. The van der Waals surface area contributed by atoms with E-state index in [1.54, 1.807) is 48.5 Å². The molecule has 26 heavy (non-hydrogen) atoms. The molecule has 2 atom stereocenters. The maximum Gasteiger partial charge on any atom is 0.331 e. The highest BCUT2D eigenvalue weighted by atomic mass is 16.4. The number of nitrogens with two attached hydrogens (primary N) is 2. The van der Waals surface area contributed by atoms with E-state index in [4.69, 9.17) is 11.5 Å². The molecule has 0 aromatic heterocycles. The molecule has 0 aliphatic heterocycles. The number of Topliss-reactive ketones (excluding diaryl/α,β-unsaturated/α-hetero) is 2. The zero-order chi connectivity index (χ0) is 19.2. The van der Waals surface area contributed by atoms with Gasteiger partial charge in [0.15, 0.2) is 17.1 Å². The van der Waals surface area contributed by atoms with Crippen molar-refractivity contribution in [1.29, 1.82) is 0 Å². The Bertz CT molecular complexity index is 777. The molecule has 0 amide bonds. The zero-order valence-corrected chi connectivity index (χ0v) is 14.3. The quantitative estimate of drug-likeness (QED) is 0.468. The normalized spacial score (nSPS) is 14.2. The topological polar surface area (TPSA) is 123 Å². The van der Waals surface area contributed by atoms with Gasteiger partial charge in [0.1, 0.15) is 0 Å². The third-order valence-electron chi connectivity index (χ3n) is 4.30. The Morgan fingerprint density at radius 3 is 1.92 bits per heavy atom. The standard InChI is InChI=1S/C20H22N2O4/c21-16(17(23)14-8-3-1-4-9-14)12-7-13-20(22,19(25)26)18(24)15-10-5-2-6-11-15/h1-6,8-11,16H,7,12-13,21-22H2,(H,25,26)/t16?,20-/m1/s1. The predicted octanol–water partition coefficient (Wildman–Crippen LogP) is 2.03. The number of rotatable bonds is 9. The summed E-state index contributed by atoms with van der Waals surface area (Å²) in [6, 6.07) is 15.9. The lowest BCUT2D eigenvalue weighted by molar-refractivity contribution is -0.141. The van der Waals surface area contributed by atoms with Crippen LogP contribution in [0.25, 0.3) is 0 Å². The van der Waals surface area contributed by atoms with Crippen molar-refractivity contribution in [2.75, 3.05) is 0 Å². The van der Waals surface area contributed by atoms with Gasteiger partial charge in [0, 0.05) is 11.1 Å². The van der Waals surface area contributed by atoms with Crippen LogP contribution in [-0.2, 0) is 4.79 Å². The highest BCUT2D eigenvalue weighted by Gasteiger charge is 2.42. The molecule has 0 aliphatic carbocycles. The van der Waals surface area contributed by atoms with Crippen LogP contribution in [0.1, 0.15) is 40.0 Å². The minimum Gasteiger partial charge on any atom is -0.480 e. The lowest BCUT2D eigenvalue weighted by Gasteiger charge is -2.24. The molecule has 0 fully saturated rings. The Morgan fingerprint density at radius 2 is 1.42 bits per heavy atom. The van der Waals surface area contributed by atoms with Gasteiger partial charge in [-0.05, 0) is 19.3 Å². The Labute approximate surface area is 151 Å². The van der Waals surface area contributed by atoms with E-state index in [9.17, 15) is 19.5 Å². The molecule has 0 spiro atoms. The molecule has 0 saturated carbocycles. The molecule has 0 heterocycles. The van der Waals surface area contributed by atoms with Crippen molar-refractivity contribution in [1.82, 2.24) is 0 Å². The Morgan fingerprint density at radius 1 is 0.923 bits per heavy atom. The molecule has 6 nitrogen and oxygen atoms in total. The van der Waals surface area contributed by atoms with Crippen LogP contribution < -0.4 is 11.5 Å². The van der Waals surface area contributed by atoms with Crippen molar-refractivity contribution in [3.63, 3.8) is 0 Å². The summed E-state index contributed by atoms with van der Waals surface area (Å²) in [6.45, 7) is 0. The van der Waals surface area contributed by atoms with Crippen LogP contribution in [0.4, 0.5) is 0 Å². The van der Waals surface area contributed by atoms with Crippen LogP contribution in [0, 0.1) is 0 Å². The molecule has 136 valence electrons. The van der Waals surface area contributed by atoms with E-state index in [2.05, 4.69) is 0 Å². The van der Waals surface area contributed by atoms with Crippen molar-refractivity contribution < 1.29 is 19.5 Å². The molecule has 2 aromatic carbocycles. The van der Waals surface area contributed by atoms with Crippen molar-refractivity contribution >= 4 is 17.5 Å². The first-order valence-corrected chi connectivity index (χ1v) is 8.33. The summed E-state index contributed by atoms with van der Waals surface area (Å²) in [5.41, 5.74) is 10.5. The van der Waals surface area contributed by atoms with E-state index in [0.717, 1.165) is 0 Å². The number of hydrogen-bond acceptors (Lipinski definition) is 5. The largest absolute Gasteiger partial charge is 0.480 e. The lowest BCUT2D eigenvalue weighted by atomic mass is 9.84. The van der Waals surface area contributed by atoms with E-state index >= 15 is 0 Å². The summed E-state index contributed by atoms with van der Waals surface area (Å²) in [7, 11) is 0. The lowest BCUT2D eigenvalue weighted by Crippen LogP contribution is -2.55. The first-order valence-electron chi connectivity index (χ1n) is 8.33. The molecule has 5 N–H and O–H groups in total. The van der Waals surface area contributed by atoms with Gasteiger partial charge in [0.25, 0.3) is 0 Å². The van der Waals surface area contributed by atoms with Gasteiger partial charge in [-0.15, -0.1) is 0 Å². The molecule has 0 bridgehead atoms. The predicted molar refractivity (Wildman–Crippen MR) is 97.9 cm³/mol. The zero-order valence-electron chi connectivity index (χ0n) is 14.3. The number of carboxylic acid groups (broad SMARTS) is 1. The molecule has 6 heteroatoms. The third-order valence-corrected chi connectivity index (χ3v) is 4.30. The minimum absolute atomic E-state index is 0.105. The molecule has 2 rings (SSSR count). The van der Waals surface area contributed by atoms with Crippen molar-refractivity contribution in [2.24, 2.45) is 11.5 Å². The molecular formula is C20H22N2O4. The fourth-order valence-electron chi connectivity index (χ4n) is 2.71. The van der Waals surface area contributed by atoms with Gasteiger partial charge in [-0.1, -0.05) is 60.7 Å². The summed E-state index contributed by atoms with van der Waals surface area (Å²) in [5.74, 6) is -2.28. The fourth-order valence-corrected chi connectivity index (χ4v) is 2.71. The number of ketones is 2. The Hall–Kier alpha value is -2.83. The first kappa shape index (κ1) is 19.5. The van der Waals surface area contributed by atoms with Crippen LogP contribution in [0.15, 0.2) is 60.7 Å². The van der Waals surface area contributed by atoms with Crippen molar-refractivity contribution in [2.45, 2.75) is 30.8 Å². The third kappa shape index (κ3) is 4.41. The highest BCUT2D eigenvalue weighted by Crippen LogP contribution is 2.20. The first-order chi connectivity index (χ1) is 12.4. The van der Waals surface area contributed by atoms with Gasteiger partial charge in [0.05, 0.1) is 6.04 Å². The molecule has 2 aromatic rings. The minimum atomic E-state index is -2.04. The Balaban J connectivity index is 2.01. The van der Waals surface area contributed by atoms with E-state index < -0.39 is 23.3 Å². The number of carboxylic acids is 1. The van der Waals surface area contributed by atoms with Crippen LogP contribution in [-0.4, -0.2) is 34.2 Å². The van der Waals surface area contributed by atoms with Gasteiger partial charge in [-0.3, -0.25) is 9.59 Å². The van der Waals surface area contributed by atoms with E-state index in [0.29, 0.717) is 5.56 Å². The van der Waals surface area contributed by atoms with Crippen LogP contribution in [0.2, 0.25) is 0 Å². The van der Waals surface area contributed by atoms with Gasteiger partial charge in [0.2, 0.25) is 0 Å². The Kier molecular flexibility index (Phi) is 6.38. The average molecular weight is 354 g/mol. The average Bonchev–Trinajstić information content (AvgIpc) is 2.67. The maximum atomic E-state index is 12.5. The second-order valence-electron chi connectivity index (χ2n) is 6.20. The second-order valence-corrected chi connectivity index (χ2v) is 6.20. The molecule has 0 aliphatic rings. The molecule has 0 radical (unpaired) electrons. The molecular weight excluding hydrogens is 332 g/mol. The van der Waals surface area contributed by atoms with Gasteiger partial charge in [-0.25, -0.2) is 4.79 Å². The summed E-state index contributed by atoms with van der Waals surface area (Å²) < 4.78 is 0. The van der Waals surface area contributed by atoms with E-state index in [1.165, 1.54) is 12.1 Å². The fraction of sp³-hybridized carbons (Fsp3) is 0.250. The number of aliphatic carboxylic acids is 1.